The van der Waals surface area contributed by atoms with Crippen LogP contribution in [-0.4, -0.2) is 55.0 Å². The topological polar surface area (TPSA) is 66.7 Å². The van der Waals surface area contributed by atoms with E-state index in [2.05, 4.69) is 9.88 Å². The van der Waals surface area contributed by atoms with Crippen LogP contribution in [0.1, 0.15) is 17.0 Å². The molecule has 6 nitrogen and oxygen atoms in total. The minimum Gasteiger partial charge on any atom is -0.441 e. The highest BCUT2D eigenvalue weighted by Crippen LogP contribution is 2.25. The van der Waals surface area contributed by atoms with E-state index in [1.54, 1.807) is 0 Å². The van der Waals surface area contributed by atoms with Gasteiger partial charge in [0.05, 0.1) is 11.9 Å². The molecule has 1 aliphatic heterocycles. The lowest BCUT2D eigenvalue weighted by molar-refractivity contribution is 0.180. The standard InChI is InChI=1S/C17H23N3O3S/c1-13-6-4-5-7-15(13)17-18-16(14(2)23-17)12-19-8-10-20(11-9-19)24(3,21)22/h4-7H,8-12H2,1-3H3. The van der Waals surface area contributed by atoms with Crippen LogP contribution in [0.25, 0.3) is 11.5 Å². The molecule has 2 aromatic rings. The lowest BCUT2D eigenvalue weighted by Gasteiger charge is -2.32. The van der Waals surface area contributed by atoms with Gasteiger partial charge < -0.3 is 4.42 Å². The van der Waals surface area contributed by atoms with E-state index in [0.717, 1.165) is 22.6 Å². The number of sulfonamides is 1. The molecule has 0 N–H and O–H groups in total. The first-order valence-electron chi connectivity index (χ1n) is 8.04. The lowest BCUT2D eigenvalue weighted by Crippen LogP contribution is -2.47. The predicted octanol–water partition coefficient (Wildman–Crippen LogP) is 2.04. The number of piperazine rings is 1. The van der Waals surface area contributed by atoms with Crippen molar-refractivity contribution in [2.45, 2.75) is 20.4 Å². The molecular weight excluding hydrogens is 326 g/mol. The number of hydrogen-bond donors (Lipinski definition) is 0. The van der Waals surface area contributed by atoms with Crippen LogP contribution in [0.15, 0.2) is 28.7 Å². The first kappa shape index (κ1) is 17.1. The van der Waals surface area contributed by atoms with E-state index >= 15 is 0 Å². The summed E-state index contributed by atoms with van der Waals surface area (Å²) in [6.45, 7) is 7.12. The summed E-state index contributed by atoms with van der Waals surface area (Å²) >= 11 is 0. The van der Waals surface area contributed by atoms with E-state index in [-0.39, 0.29) is 0 Å². The molecule has 0 amide bonds. The summed E-state index contributed by atoms with van der Waals surface area (Å²) in [5, 5.41) is 0. The van der Waals surface area contributed by atoms with Gasteiger partial charge in [-0.05, 0) is 25.5 Å². The maximum atomic E-state index is 11.6. The minimum atomic E-state index is -3.09. The van der Waals surface area contributed by atoms with Crippen molar-refractivity contribution in [3.05, 3.63) is 41.3 Å². The van der Waals surface area contributed by atoms with Crippen molar-refractivity contribution in [3.8, 4) is 11.5 Å². The highest BCUT2D eigenvalue weighted by Gasteiger charge is 2.24. The third kappa shape index (κ3) is 3.68. The van der Waals surface area contributed by atoms with Gasteiger partial charge in [0.2, 0.25) is 15.9 Å². The third-order valence-corrected chi connectivity index (χ3v) is 5.74. The number of nitrogens with zero attached hydrogens (tertiary/aromatic N) is 3. The minimum absolute atomic E-state index is 0.528. The maximum absolute atomic E-state index is 11.6. The van der Waals surface area contributed by atoms with Crippen LogP contribution < -0.4 is 0 Å². The number of rotatable bonds is 4. The van der Waals surface area contributed by atoms with E-state index in [1.807, 2.05) is 38.1 Å². The van der Waals surface area contributed by atoms with E-state index in [1.165, 1.54) is 10.6 Å². The average Bonchev–Trinajstić information content (AvgIpc) is 2.88. The fourth-order valence-corrected chi connectivity index (χ4v) is 3.76. The third-order valence-electron chi connectivity index (χ3n) is 4.44. The van der Waals surface area contributed by atoms with Gasteiger partial charge in [0.1, 0.15) is 5.76 Å². The molecule has 130 valence electrons. The molecule has 0 aliphatic carbocycles. The SMILES string of the molecule is Cc1ccccc1-c1nc(CN2CCN(S(C)(=O)=O)CC2)c(C)o1. The fourth-order valence-electron chi connectivity index (χ4n) is 2.93. The zero-order valence-electron chi connectivity index (χ0n) is 14.3. The monoisotopic (exact) mass is 349 g/mol. The molecule has 0 unspecified atom stereocenters. The summed E-state index contributed by atoms with van der Waals surface area (Å²) in [5.41, 5.74) is 3.06. The van der Waals surface area contributed by atoms with Gasteiger partial charge in [-0.15, -0.1) is 0 Å². The molecular formula is C17H23N3O3S. The number of aromatic nitrogens is 1. The summed E-state index contributed by atoms with van der Waals surface area (Å²) in [5.74, 6) is 1.47. The Kier molecular flexibility index (Phi) is 4.76. The van der Waals surface area contributed by atoms with Crippen LogP contribution in [0.4, 0.5) is 0 Å². The highest BCUT2D eigenvalue weighted by atomic mass is 32.2. The van der Waals surface area contributed by atoms with Crippen LogP contribution in [0.2, 0.25) is 0 Å². The van der Waals surface area contributed by atoms with Gasteiger partial charge >= 0.3 is 0 Å². The fraction of sp³-hybridized carbons (Fsp3) is 0.471. The smallest absolute Gasteiger partial charge is 0.226 e. The quantitative estimate of drug-likeness (QED) is 0.845. The zero-order chi connectivity index (χ0) is 17.3. The molecule has 1 aromatic heterocycles. The number of aryl methyl sites for hydroxylation is 2. The first-order chi connectivity index (χ1) is 11.3. The van der Waals surface area contributed by atoms with Gasteiger partial charge in [-0.1, -0.05) is 18.2 Å². The first-order valence-corrected chi connectivity index (χ1v) is 9.89. The van der Waals surface area contributed by atoms with E-state index in [9.17, 15) is 8.42 Å². The molecule has 1 aliphatic rings. The Balaban J connectivity index is 1.70. The Labute approximate surface area is 143 Å². The summed E-state index contributed by atoms with van der Waals surface area (Å²) in [6.07, 6.45) is 1.26. The Morgan fingerprint density at radius 2 is 1.79 bits per heavy atom. The molecule has 0 atom stereocenters. The largest absolute Gasteiger partial charge is 0.441 e. The molecule has 3 rings (SSSR count). The molecule has 2 heterocycles. The Morgan fingerprint density at radius 3 is 2.42 bits per heavy atom. The van der Waals surface area contributed by atoms with Crippen LogP contribution >= 0.6 is 0 Å². The summed E-state index contributed by atoms with van der Waals surface area (Å²) in [6, 6.07) is 8.02. The van der Waals surface area contributed by atoms with E-state index < -0.39 is 10.0 Å². The van der Waals surface area contributed by atoms with Crippen LogP contribution in [0.5, 0.6) is 0 Å². The van der Waals surface area contributed by atoms with Gasteiger partial charge in [0.15, 0.2) is 0 Å². The summed E-state index contributed by atoms with van der Waals surface area (Å²) in [7, 11) is -3.09. The number of benzene rings is 1. The molecule has 1 fully saturated rings. The Bertz CT molecular complexity index is 821. The molecule has 24 heavy (non-hydrogen) atoms. The van der Waals surface area contributed by atoms with Crippen molar-refractivity contribution in [1.29, 1.82) is 0 Å². The predicted molar refractivity (Wildman–Crippen MR) is 93.1 cm³/mol. The van der Waals surface area contributed by atoms with Crippen molar-refractivity contribution in [3.63, 3.8) is 0 Å². The van der Waals surface area contributed by atoms with Gasteiger partial charge in [0, 0.05) is 38.3 Å². The van der Waals surface area contributed by atoms with Crippen LogP contribution in [0.3, 0.4) is 0 Å². The summed E-state index contributed by atoms with van der Waals surface area (Å²) < 4.78 is 30.5. The van der Waals surface area contributed by atoms with E-state index in [0.29, 0.717) is 38.6 Å². The van der Waals surface area contributed by atoms with Gasteiger partial charge in [-0.25, -0.2) is 13.4 Å². The normalized spacial score (nSPS) is 17.3. The average molecular weight is 349 g/mol. The van der Waals surface area contributed by atoms with Crippen molar-refractivity contribution in [2.75, 3.05) is 32.4 Å². The van der Waals surface area contributed by atoms with Crippen LogP contribution in [0, 0.1) is 13.8 Å². The number of hydrogen-bond acceptors (Lipinski definition) is 5. The molecule has 0 saturated carbocycles. The molecule has 0 spiro atoms. The molecule has 0 radical (unpaired) electrons. The van der Waals surface area contributed by atoms with Crippen molar-refractivity contribution < 1.29 is 12.8 Å². The highest BCUT2D eigenvalue weighted by molar-refractivity contribution is 7.88. The van der Waals surface area contributed by atoms with Crippen LogP contribution in [-0.2, 0) is 16.6 Å². The second-order valence-corrected chi connectivity index (χ2v) is 8.26. The van der Waals surface area contributed by atoms with Crippen molar-refractivity contribution >= 4 is 10.0 Å². The van der Waals surface area contributed by atoms with Crippen molar-refractivity contribution in [1.82, 2.24) is 14.2 Å². The Morgan fingerprint density at radius 1 is 1.12 bits per heavy atom. The second-order valence-electron chi connectivity index (χ2n) is 6.28. The van der Waals surface area contributed by atoms with Gasteiger partial charge in [-0.2, -0.15) is 4.31 Å². The molecule has 1 aromatic carbocycles. The van der Waals surface area contributed by atoms with Crippen molar-refractivity contribution in [2.24, 2.45) is 0 Å². The maximum Gasteiger partial charge on any atom is 0.226 e. The summed E-state index contributed by atoms with van der Waals surface area (Å²) in [4.78, 5) is 6.88. The molecule has 0 bridgehead atoms. The van der Waals surface area contributed by atoms with Gasteiger partial charge in [0.25, 0.3) is 0 Å². The lowest BCUT2D eigenvalue weighted by atomic mass is 10.1. The molecule has 1 saturated heterocycles. The second kappa shape index (κ2) is 6.66. The van der Waals surface area contributed by atoms with E-state index in [4.69, 9.17) is 4.42 Å². The molecule has 7 heteroatoms. The van der Waals surface area contributed by atoms with Gasteiger partial charge in [-0.3, -0.25) is 4.90 Å². The Hall–Kier alpha value is -1.70. The zero-order valence-corrected chi connectivity index (χ0v) is 15.1. The number of oxazole rings is 1.